The van der Waals surface area contributed by atoms with Gasteiger partial charge in [0.2, 0.25) is 0 Å². The molecule has 1 heterocycles. The molecule has 0 N–H and O–H groups in total. The fourth-order valence-electron chi connectivity index (χ4n) is 1.15. The van der Waals surface area contributed by atoms with Gasteiger partial charge in [0.05, 0.1) is 10.6 Å². The molecule has 0 aliphatic carbocycles. The van der Waals surface area contributed by atoms with E-state index < -0.39 is 4.92 Å². The van der Waals surface area contributed by atoms with Gasteiger partial charge in [-0.05, 0) is 18.6 Å². The summed E-state index contributed by atoms with van der Waals surface area (Å²) >= 11 is 5.65. The molecule has 1 aromatic heterocycles. The van der Waals surface area contributed by atoms with Gasteiger partial charge < -0.3 is 4.90 Å². The van der Waals surface area contributed by atoms with Crippen molar-refractivity contribution in [1.82, 2.24) is 9.88 Å². The molecule has 0 radical (unpaired) electrons. The van der Waals surface area contributed by atoms with Gasteiger partial charge in [-0.3, -0.25) is 10.1 Å². The van der Waals surface area contributed by atoms with Crippen LogP contribution in [0.15, 0.2) is 30.2 Å². The molecule has 0 saturated carbocycles. The number of halogens is 1. The summed E-state index contributed by atoms with van der Waals surface area (Å²) in [5.41, 5.74) is 1.53. The lowest BCUT2D eigenvalue weighted by atomic mass is 10.2. The highest BCUT2D eigenvalue weighted by atomic mass is 35.5. The van der Waals surface area contributed by atoms with E-state index in [0.717, 1.165) is 11.8 Å². The summed E-state index contributed by atoms with van der Waals surface area (Å²) in [6.45, 7) is 2.24. The van der Waals surface area contributed by atoms with E-state index in [0.29, 0.717) is 17.4 Å². The van der Waals surface area contributed by atoms with Crippen molar-refractivity contribution >= 4 is 11.6 Å². The molecule has 6 heteroatoms. The third kappa shape index (κ3) is 3.86. The minimum absolute atomic E-state index is 0.434. The molecule has 0 unspecified atom stereocenters. The maximum Gasteiger partial charge on any atom is 0.253 e. The SMILES string of the molecule is C/C(=C\[N+](=O)[O-])N(C)Cc1ccc(Cl)nc1. The smallest absolute Gasteiger partial charge is 0.253 e. The number of nitro groups is 1. The molecule has 0 aliphatic rings. The van der Waals surface area contributed by atoms with Gasteiger partial charge in [-0.25, -0.2) is 4.98 Å². The Labute approximate surface area is 98.5 Å². The number of allylic oxidation sites excluding steroid dienone is 1. The van der Waals surface area contributed by atoms with Crippen molar-refractivity contribution in [1.29, 1.82) is 0 Å². The van der Waals surface area contributed by atoms with Crippen LogP contribution in [0.5, 0.6) is 0 Å². The number of pyridine rings is 1. The van der Waals surface area contributed by atoms with Gasteiger partial charge in [-0.2, -0.15) is 0 Å². The van der Waals surface area contributed by atoms with Crippen molar-refractivity contribution in [3.8, 4) is 0 Å². The standard InChI is InChI=1S/C10H12ClN3O2/c1-8(6-14(15)16)13(2)7-9-3-4-10(11)12-5-9/h3-6H,7H2,1-2H3/b8-6+. The molecular formula is C10H12ClN3O2. The Morgan fingerprint density at radius 3 is 2.88 bits per heavy atom. The highest BCUT2D eigenvalue weighted by Crippen LogP contribution is 2.10. The van der Waals surface area contributed by atoms with Crippen LogP contribution in [0.3, 0.4) is 0 Å². The third-order valence-corrected chi connectivity index (χ3v) is 2.33. The predicted octanol–water partition coefficient (Wildman–Crippen LogP) is 2.30. The summed E-state index contributed by atoms with van der Waals surface area (Å²) < 4.78 is 0. The second-order valence-corrected chi connectivity index (χ2v) is 3.79. The van der Waals surface area contributed by atoms with Crippen LogP contribution in [0, 0.1) is 10.1 Å². The average molecular weight is 242 g/mol. The molecule has 86 valence electrons. The van der Waals surface area contributed by atoms with Gasteiger partial charge in [-0.1, -0.05) is 17.7 Å². The molecule has 0 spiro atoms. The van der Waals surface area contributed by atoms with Crippen molar-refractivity contribution < 1.29 is 4.92 Å². The number of hydrogen-bond donors (Lipinski definition) is 0. The summed E-state index contributed by atoms with van der Waals surface area (Å²) in [5.74, 6) is 0. The maximum absolute atomic E-state index is 10.3. The first kappa shape index (κ1) is 12.4. The van der Waals surface area contributed by atoms with Crippen LogP contribution >= 0.6 is 11.6 Å². The van der Waals surface area contributed by atoms with E-state index in [9.17, 15) is 10.1 Å². The Kier molecular flexibility index (Phi) is 4.25. The van der Waals surface area contributed by atoms with Crippen LogP contribution in [0.2, 0.25) is 5.15 Å². The lowest BCUT2D eigenvalue weighted by molar-refractivity contribution is -0.404. The molecule has 0 amide bonds. The predicted molar refractivity (Wildman–Crippen MR) is 61.5 cm³/mol. The fourth-order valence-corrected chi connectivity index (χ4v) is 1.26. The van der Waals surface area contributed by atoms with Crippen LogP contribution < -0.4 is 0 Å². The van der Waals surface area contributed by atoms with Crippen LogP contribution in [0.1, 0.15) is 12.5 Å². The van der Waals surface area contributed by atoms with Gasteiger partial charge in [0.15, 0.2) is 0 Å². The Morgan fingerprint density at radius 2 is 2.38 bits per heavy atom. The van der Waals surface area contributed by atoms with E-state index in [1.54, 1.807) is 31.1 Å². The third-order valence-electron chi connectivity index (χ3n) is 2.10. The zero-order valence-electron chi connectivity index (χ0n) is 9.05. The second kappa shape index (κ2) is 5.46. The Balaban J connectivity index is 2.67. The van der Waals surface area contributed by atoms with Crippen molar-refractivity contribution in [3.63, 3.8) is 0 Å². The van der Waals surface area contributed by atoms with Gasteiger partial charge in [0, 0.05) is 19.8 Å². The summed E-state index contributed by atoms with van der Waals surface area (Å²) in [4.78, 5) is 15.5. The number of hydrogen-bond acceptors (Lipinski definition) is 4. The van der Waals surface area contributed by atoms with Crippen LogP contribution in [-0.2, 0) is 6.54 Å². The minimum atomic E-state index is -0.466. The van der Waals surface area contributed by atoms with E-state index >= 15 is 0 Å². The summed E-state index contributed by atoms with van der Waals surface area (Å²) in [7, 11) is 1.78. The monoisotopic (exact) mass is 241 g/mol. The molecule has 0 bridgehead atoms. The first-order chi connectivity index (χ1) is 7.49. The topological polar surface area (TPSA) is 59.3 Å². The normalized spacial score (nSPS) is 11.3. The highest BCUT2D eigenvalue weighted by molar-refractivity contribution is 6.29. The molecule has 1 aromatic rings. The molecular weight excluding hydrogens is 230 g/mol. The minimum Gasteiger partial charge on any atom is -0.369 e. The van der Waals surface area contributed by atoms with Crippen LogP contribution in [-0.4, -0.2) is 21.9 Å². The van der Waals surface area contributed by atoms with E-state index in [4.69, 9.17) is 11.6 Å². The average Bonchev–Trinajstić information content (AvgIpc) is 2.20. The molecule has 1 rings (SSSR count). The van der Waals surface area contributed by atoms with Crippen molar-refractivity contribution in [2.45, 2.75) is 13.5 Å². The van der Waals surface area contributed by atoms with Crippen molar-refractivity contribution in [3.05, 3.63) is 51.1 Å². The number of nitrogens with zero attached hydrogens (tertiary/aromatic N) is 3. The quantitative estimate of drug-likeness (QED) is 0.461. The molecule has 0 aliphatic heterocycles. The highest BCUT2D eigenvalue weighted by Gasteiger charge is 2.04. The van der Waals surface area contributed by atoms with Gasteiger partial charge in [0.1, 0.15) is 5.15 Å². The zero-order chi connectivity index (χ0) is 12.1. The second-order valence-electron chi connectivity index (χ2n) is 3.40. The van der Waals surface area contributed by atoms with E-state index in [-0.39, 0.29) is 0 Å². The van der Waals surface area contributed by atoms with Crippen molar-refractivity contribution in [2.75, 3.05) is 7.05 Å². The van der Waals surface area contributed by atoms with Gasteiger partial charge in [0.25, 0.3) is 6.20 Å². The molecule has 16 heavy (non-hydrogen) atoms. The van der Waals surface area contributed by atoms with Gasteiger partial charge >= 0.3 is 0 Å². The first-order valence-electron chi connectivity index (χ1n) is 4.62. The zero-order valence-corrected chi connectivity index (χ0v) is 9.81. The molecule has 0 saturated heterocycles. The van der Waals surface area contributed by atoms with E-state index in [2.05, 4.69) is 4.98 Å². The van der Waals surface area contributed by atoms with Crippen LogP contribution in [0.25, 0.3) is 0 Å². The largest absolute Gasteiger partial charge is 0.369 e. The molecule has 0 fully saturated rings. The summed E-state index contributed by atoms with van der Waals surface area (Å²) in [5, 5.41) is 10.7. The Hall–Kier alpha value is -1.62. The fraction of sp³-hybridized carbons (Fsp3) is 0.300. The first-order valence-corrected chi connectivity index (χ1v) is 5.00. The Morgan fingerprint density at radius 1 is 1.69 bits per heavy atom. The van der Waals surface area contributed by atoms with Gasteiger partial charge in [-0.15, -0.1) is 0 Å². The maximum atomic E-state index is 10.3. The number of aromatic nitrogens is 1. The van der Waals surface area contributed by atoms with Crippen LogP contribution in [0.4, 0.5) is 0 Å². The van der Waals surface area contributed by atoms with E-state index in [1.165, 1.54) is 0 Å². The lowest BCUT2D eigenvalue weighted by Crippen LogP contribution is -2.16. The number of rotatable bonds is 4. The molecule has 5 nitrogen and oxygen atoms in total. The molecule has 0 aromatic carbocycles. The molecule has 0 atom stereocenters. The van der Waals surface area contributed by atoms with E-state index in [1.807, 2.05) is 6.07 Å². The van der Waals surface area contributed by atoms with Crippen molar-refractivity contribution in [2.24, 2.45) is 0 Å². The summed E-state index contributed by atoms with van der Waals surface area (Å²) in [6, 6.07) is 3.53. The lowest BCUT2D eigenvalue weighted by Gasteiger charge is -2.17. The summed E-state index contributed by atoms with van der Waals surface area (Å²) in [6.07, 6.45) is 2.63. The Bertz CT molecular complexity index is 403.